The summed E-state index contributed by atoms with van der Waals surface area (Å²) in [4.78, 5) is 25.2. The molecule has 0 amide bonds. The molecule has 2 aliphatic heterocycles. The smallest absolute Gasteiger partial charge is 0.255 e. The number of hydrogen-bond acceptors (Lipinski definition) is 4. The molecule has 0 saturated carbocycles. The van der Waals surface area contributed by atoms with Gasteiger partial charge in [-0.05, 0) is 37.7 Å². The van der Waals surface area contributed by atoms with Gasteiger partial charge < -0.3 is 4.90 Å². The van der Waals surface area contributed by atoms with Crippen LogP contribution in [0.3, 0.4) is 0 Å². The molecule has 2 aromatic rings. The highest BCUT2D eigenvalue weighted by Crippen LogP contribution is 2.22. The van der Waals surface area contributed by atoms with Crippen molar-refractivity contribution in [2.45, 2.75) is 39.7 Å². The van der Waals surface area contributed by atoms with Crippen molar-refractivity contribution in [1.82, 2.24) is 14.9 Å². The maximum atomic E-state index is 12.6. The molecule has 0 atom stereocenters. The van der Waals surface area contributed by atoms with Crippen molar-refractivity contribution in [2.75, 3.05) is 31.1 Å². The first kappa shape index (κ1) is 18.9. The Morgan fingerprint density at radius 1 is 1.21 bits per heavy atom. The lowest BCUT2D eigenvalue weighted by molar-refractivity contribution is 0.270. The molecule has 0 spiro atoms. The van der Waals surface area contributed by atoms with Crippen LogP contribution in [0.15, 0.2) is 40.7 Å². The summed E-state index contributed by atoms with van der Waals surface area (Å²) in [5.74, 6) is 1.52. The molecular formula is C23H30N4O. The highest BCUT2D eigenvalue weighted by atomic mass is 16.1. The molecule has 28 heavy (non-hydrogen) atoms. The number of hydrogen-bond donors (Lipinski definition) is 1. The summed E-state index contributed by atoms with van der Waals surface area (Å²) < 4.78 is 0. The van der Waals surface area contributed by atoms with E-state index in [1.54, 1.807) is 0 Å². The fourth-order valence-corrected chi connectivity index (χ4v) is 4.22. The molecule has 1 aromatic heterocycles. The maximum absolute atomic E-state index is 12.6. The second-order valence-electron chi connectivity index (χ2n) is 8.35. The van der Waals surface area contributed by atoms with Gasteiger partial charge in [0.05, 0.1) is 5.69 Å². The summed E-state index contributed by atoms with van der Waals surface area (Å²) in [5, 5.41) is 0. The molecule has 1 aromatic carbocycles. The number of aromatic nitrogens is 2. The number of rotatable bonds is 4. The molecule has 1 saturated heterocycles. The van der Waals surface area contributed by atoms with Crippen LogP contribution in [0.4, 0.5) is 5.95 Å². The van der Waals surface area contributed by atoms with E-state index in [4.69, 9.17) is 4.98 Å². The van der Waals surface area contributed by atoms with Gasteiger partial charge in [-0.1, -0.05) is 48.9 Å². The van der Waals surface area contributed by atoms with Crippen LogP contribution >= 0.6 is 0 Å². The van der Waals surface area contributed by atoms with E-state index in [9.17, 15) is 4.79 Å². The summed E-state index contributed by atoms with van der Waals surface area (Å²) in [6, 6.07) is 10.4. The lowest BCUT2D eigenvalue weighted by atomic mass is 9.99. The number of H-pyrrole nitrogens is 1. The predicted octanol–water partition coefficient (Wildman–Crippen LogP) is 3.47. The molecule has 5 nitrogen and oxygen atoms in total. The van der Waals surface area contributed by atoms with E-state index in [0.29, 0.717) is 0 Å². The molecule has 0 radical (unpaired) electrons. The van der Waals surface area contributed by atoms with Crippen LogP contribution in [0, 0.1) is 5.92 Å². The van der Waals surface area contributed by atoms with E-state index < -0.39 is 0 Å². The molecule has 0 bridgehead atoms. The SMILES string of the molecule is C/C(=C\c1ccccc1)CN1CCc2c(nc(N3CCC(C)CC3)[nH]c2=O)C1. The third-order valence-corrected chi connectivity index (χ3v) is 5.91. The van der Waals surface area contributed by atoms with Crippen LogP contribution in [0.2, 0.25) is 0 Å². The number of benzene rings is 1. The third kappa shape index (κ3) is 4.36. The second-order valence-corrected chi connectivity index (χ2v) is 8.35. The Labute approximate surface area is 167 Å². The maximum Gasteiger partial charge on any atom is 0.255 e. The van der Waals surface area contributed by atoms with Gasteiger partial charge in [0.2, 0.25) is 5.95 Å². The first-order chi connectivity index (χ1) is 13.6. The van der Waals surface area contributed by atoms with Crippen molar-refractivity contribution in [1.29, 1.82) is 0 Å². The standard InChI is InChI=1S/C23H30N4O/c1-17-8-12-27(13-9-17)23-24-21-16-26(11-10-20(21)22(28)25-23)15-18(2)14-19-6-4-3-5-7-19/h3-7,14,17H,8-13,15-16H2,1-2H3,(H,24,25,28)/b18-14+. The molecular weight excluding hydrogens is 348 g/mol. The highest BCUT2D eigenvalue weighted by molar-refractivity contribution is 5.52. The van der Waals surface area contributed by atoms with Gasteiger partial charge in [-0.2, -0.15) is 0 Å². The monoisotopic (exact) mass is 378 g/mol. The Kier molecular flexibility index (Phi) is 5.62. The minimum absolute atomic E-state index is 0.0508. The Morgan fingerprint density at radius 2 is 1.96 bits per heavy atom. The van der Waals surface area contributed by atoms with E-state index in [1.807, 2.05) is 6.07 Å². The van der Waals surface area contributed by atoms with Crippen molar-refractivity contribution >= 4 is 12.0 Å². The van der Waals surface area contributed by atoms with Crippen LogP contribution in [0.25, 0.3) is 6.08 Å². The van der Waals surface area contributed by atoms with Gasteiger partial charge >= 0.3 is 0 Å². The molecule has 2 aliphatic rings. The predicted molar refractivity (Wildman–Crippen MR) is 115 cm³/mol. The zero-order chi connectivity index (χ0) is 19.5. The molecule has 1 fully saturated rings. The zero-order valence-corrected chi connectivity index (χ0v) is 16.9. The lowest BCUT2D eigenvalue weighted by Gasteiger charge is -2.32. The fourth-order valence-electron chi connectivity index (χ4n) is 4.22. The Balaban J connectivity index is 1.48. The van der Waals surface area contributed by atoms with Crippen LogP contribution in [0.1, 0.15) is 43.5 Å². The van der Waals surface area contributed by atoms with Crippen LogP contribution in [-0.2, 0) is 13.0 Å². The van der Waals surface area contributed by atoms with E-state index >= 15 is 0 Å². The van der Waals surface area contributed by atoms with E-state index in [2.05, 4.69) is 59.0 Å². The van der Waals surface area contributed by atoms with Crippen LogP contribution in [0.5, 0.6) is 0 Å². The molecule has 5 heteroatoms. The largest absolute Gasteiger partial charge is 0.342 e. The van der Waals surface area contributed by atoms with Gasteiger partial charge in [-0.25, -0.2) is 4.98 Å². The summed E-state index contributed by atoms with van der Waals surface area (Å²) in [7, 11) is 0. The Hall–Kier alpha value is -2.40. The number of nitrogens with one attached hydrogen (secondary N) is 1. The van der Waals surface area contributed by atoms with Crippen LogP contribution < -0.4 is 10.5 Å². The van der Waals surface area contributed by atoms with Crippen molar-refractivity contribution in [3.63, 3.8) is 0 Å². The first-order valence-electron chi connectivity index (χ1n) is 10.4. The summed E-state index contributed by atoms with van der Waals surface area (Å²) in [5.41, 5.74) is 4.43. The van der Waals surface area contributed by atoms with Gasteiger partial charge in [0.1, 0.15) is 0 Å². The summed E-state index contributed by atoms with van der Waals surface area (Å²) >= 11 is 0. The van der Waals surface area contributed by atoms with Crippen molar-refractivity contribution in [2.24, 2.45) is 5.92 Å². The Bertz CT molecular complexity index is 895. The van der Waals surface area contributed by atoms with Gasteiger partial charge in [-0.15, -0.1) is 0 Å². The highest BCUT2D eigenvalue weighted by Gasteiger charge is 2.24. The van der Waals surface area contributed by atoms with E-state index in [-0.39, 0.29) is 5.56 Å². The number of aromatic amines is 1. The van der Waals surface area contributed by atoms with Gasteiger partial charge in [0.15, 0.2) is 0 Å². The summed E-state index contributed by atoms with van der Waals surface area (Å²) in [6.45, 7) is 8.98. The average molecular weight is 379 g/mol. The molecule has 3 heterocycles. The number of anilines is 1. The first-order valence-corrected chi connectivity index (χ1v) is 10.4. The number of fused-ring (bicyclic) bond motifs is 1. The van der Waals surface area contributed by atoms with E-state index in [0.717, 1.165) is 75.1 Å². The molecule has 4 rings (SSSR count). The fraction of sp³-hybridized carbons (Fsp3) is 0.478. The lowest BCUT2D eigenvalue weighted by Crippen LogP contribution is -2.39. The van der Waals surface area contributed by atoms with Gasteiger partial charge in [-0.3, -0.25) is 14.7 Å². The minimum Gasteiger partial charge on any atom is -0.342 e. The normalized spacial score (nSPS) is 18.9. The van der Waals surface area contributed by atoms with Gasteiger partial charge in [0, 0.05) is 38.3 Å². The quantitative estimate of drug-likeness (QED) is 0.885. The topological polar surface area (TPSA) is 52.2 Å². The van der Waals surface area contributed by atoms with Crippen LogP contribution in [-0.4, -0.2) is 41.0 Å². The van der Waals surface area contributed by atoms with Crippen molar-refractivity contribution < 1.29 is 0 Å². The molecule has 148 valence electrons. The average Bonchev–Trinajstić information content (AvgIpc) is 2.69. The minimum atomic E-state index is 0.0508. The second kappa shape index (κ2) is 8.31. The number of piperidine rings is 1. The van der Waals surface area contributed by atoms with E-state index in [1.165, 1.54) is 11.1 Å². The molecule has 0 unspecified atom stereocenters. The van der Waals surface area contributed by atoms with Gasteiger partial charge in [0.25, 0.3) is 5.56 Å². The van der Waals surface area contributed by atoms with Crippen molar-refractivity contribution in [3.8, 4) is 0 Å². The zero-order valence-electron chi connectivity index (χ0n) is 16.9. The molecule has 1 N–H and O–H groups in total. The summed E-state index contributed by atoms with van der Waals surface area (Å²) in [6.07, 6.45) is 5.33. The number of nitrogens with zero attached hydrogens (tertiary/aromatic N) is 3. The third-order valence-electron chi connectivity index (χ3n) is 5.91. The Morgan fingerprint density at radius 3 is 2.71 bits per heavy atom. The van der Waals surface area contributed by atoms with Crippen molar-refractivity contribution in [3.05, 3.63) is 63.1 Å². The molecule has 0 aliphatic carbocycles.